The van der Waals surface area contributed by atoms with E-state index < -0.39 is 28.1 Å². The molecule has 1 aliphatic rings. The van der Waals surface area contributed by atoms with Gasteiger partial charge in [0.05, 0.1) is 18.6 Å². The Bertz CT molecular complexity index is 889. The van der Waals surface area contributed by atoms with Crippen molar-refractivity contribution in [1.82, 2.24) is 14.8 Å². The lowest BCUT2D eigenvalue weighted by Crippen LogP contribution is -2.56. The molecule has 2 atom stereocenters. The fraction of sp³-hybridized carbons (Fsp3) is 0.294. The zero-order valence-corrected chi connectivity index (χ0v) is 15.3. The van der Waals surface area contributed by atoms with Gasteiger partial charge < -0.3 is 9.47 Å². The van der Waals surface area contributed by atoms with Crippen LogP contribution in [0.25, 0.3) is 0 Å². The van der Waals surface area contributed by atoms with Crippen molar-refractivity contribution in [1.29, 1.82) is 0 Å². The monoisotopic (exact) mass is 393 g/mol. The predicted molar refractivity (Wildman–Crippen MR) is 93.5 cm³/mol. The van der Waals surface area contributed by atoms with Gasteiger partial charge in [0.15, 0.2) is 0 Å². The third-order valence-electron chi connectivity index (χ3n) is 4.26. The fourth-order valence-corrected chi connectivity index (χ4v) is 4.53. The largest absolute Gasteiger partial charge is 0.497 e. The second-order valence-electron chi connectivity index (χ2n) is 5.79. The molecule has 0 aliphatic carbocycles. The van der Waals surface area contributed by atoms with Crippen LogP contribution in [-0.4, -0.2) is 55.1 Å². The van der Waals surface area contributed by atoms with Crippen molar-refractivity contribution in [3.63, 3.8) is 0 Å². The first kappa shape index (κ1) is 19.2. The molecular formula is C17H19N3O6S. The summed E-state index contributed by atoms with van der Waals surface area (Å²) in [5.41, 5.74) is 2.07. The quantitative estimate of drug-likeness (QED) is 0.568. The Morgan fingerprint density at radius 2 is 2.07 bits per heavy atom. The third kappa shape index (κ3) is 3.78. The molecule has 2 N–H and O–H groups in total. The number of methoxy groups -OCH3 is 1. The normalized spacial score (nSPS) is 20.8. The number of hydrogen-bond acceptors (Lipinski definition) is 7. The number of carbonyl (C=O) groups is 1. The zero-order chi connectivity index (χ0) is 19.4. The van der Waals surface area contributed by atoms with Gasteiger partial charge in [-0.05, 0) is 30.3 Å². The van der Waals surface area contributed by atoms with E-state index in [9.17, 15) is 13.2 Å². The van der Waals surface area contributed by atoms with Gasteiger partial charge in [-0.3, -0.25) is 15.0 Å². The molecule has 3 rings (SSSR count). The summed E-state index contributed by atoms with van der Waals surface area (Å²) in [6.45, 7) is 0.0490. The van der Waals surface area contributed by atoms with Crippen molar-refractivity contribution in [2.75, 3.05) is 20.3 Å². The summed E-state index contributed by atoms with van der Waals surface area (Å²) in [7, 11) is -2.55. The molecule has 9 nitrogen and oxygen atoms in total. The van der Waals surface area contributed by atoms with E-state index in [1.807, 2.05) is 0 Å². The molecule has 2 unspecified atom stereocenters. The second-order valence-corrected chi connectivity index (χ2v) is 7.68. The Morgan fingerprint density at radius 3 is 2.67 bits per heavy atom. The lowest BCUT2D eigenvalue weighted by molar-refractivity contribution is -0.143. The van der Waals surface area contributed by atoms with E-state index in [0.717, 1.165) is 4.31 Å². The van der Waals surface area contributed by atoms with Crippen LogP contribution in [0.5, 0.6) is 5.75 Å². The number of amides is 1. The zero-order valence-electron chi connectivity index (χ0n) is 14.5. The van der Waals surface area contributed by atoms with E-state index in [1.54, 1.807) is 23.8 Å². The van der Waals surface area contributed by atoms with Gasteiger partial charge in [-0.15, -0.1) is 0 Å². The Labute approximate surface area is 156 Å². The van der Waals surface area contributed by atoms with Crippen molar-refractivity contribution < 1.29 is 27.9 Å². The van der Waals surface area contributed by atoms with Gasteiger partial charge in [-0.1, -0.05) is 6.07 Å². The number of morpholine rings is 1. The number of ether oxygens (including phenoxy) is 2. The van der Waals surface area contributed by atoms with E-state index in [1.165, 1.54) is 37.6 Å². The van der Waals surface area contributed by atoms with Crippen molar-refractivity contribution in [2.24, 2.45) is 0 Å². The number of hydrogen-bond donors (Lipinski definition) is 2. The van der Waals surface area contributed by atoms with Crippen LogP contribution in [0.2, 0.25) is 0 Å². The number of aromatic nitrogens is 1. The summed E-state index contributed by atoms with van der Waals surface area (Å²) >= 11 is 0. The van der Waals surface area contributed by atoms with Crippen LogP contribution in [0.15, 0.2) is 53.7 Å². The summed E-state index contributed by atoms with van der Waals surface area (Å²) in [4.78, 5) is 16.3. The van der Waals surface area contributed by atoms with Crippen molar-refractivity contribution >= 4 is 15.9 Å². The number of nitrogens with zero attached hydrogens (tertiary/aromatic N) is 2. The van der Waals surface area contributed by atoms with Gasteiger partial charge in [0, 0.05) is 24.5 Å². The number of hydroxylamine groups is 1. The van der Waals surface area contributed by atoms with E-state index in [0.29, 0.717) is 11.3 Å². The van der Waals surface area contributed by atoms with Crippen molar-refractivity contribution in [3.8, 4) is 5.75 Å². The van der Waals surface area contributed by atoms with Gasteiger partial charge in [-0.2, -0.15) is 4.31 Å². The lowest BCUT2D eigenvalue weighted by atomic mass is 10.0. The van der Waals surface area contributed by atoms with Crippen LogP contribution in [0.3, 0.4) is 0 Å². The third-order valence-corrected chi connectivity index (χ3v) is 6.16. The maximum atomic E-state index is 13.1. The van der Waals surface area contributed by atoms with Gasteiger partial charge in [-0.25, -0.2) is 13.9 Å². The molecule has 0 radical (unpaired) electrons. The van der Waals surface area contributed by atoms with Crippen LogP contribution in [0.1, 0.15) is 11.7 Å². The average Bonchev–Trinajstić information content (AvgIpc) is 2.73. The van der Waals surface area contributed by atoms with Crippen LogP contribution >= 0.6 is 0 Å². The number of pyridine rings is 1. The standard InChI is InChI=1S/C17H19N3O6S/c1-25-13-4-6-14(7-5-13)27(23,24)20-9-10-26-16(15(20)17(21)19-22)12-3-2-8-18-11-12/h2-8,11,15-16,22H,9-10H2,1H3,(H,19,21). The number of rotatable bonds is 5. The lowest BCUT2D eigenvalue weighted by Gasteiger charge is -2.38. The molecule has 144 valence electrons. The maximum Gasteiger partial charge on any atom is 0.264 e. The summed E-state index contributed by atoms with van der Waals surface area (Å²) in [5.74, 6) is -0.380. The fourth-order valence-electron chi connectivity index (χ4n) is 2.96. The molecule has 0 saturated carbocycles. The summed E-state index contributed by atoms with van der Waals surface area (Å²) < 4.78 is 38.0. The number of nitrogens with one attached hydrogen (secondary N) is 1. The number of sulfonamides is 1. The molecule has 1 aliphatic heterocycles. The van der Waals surface area contributed by atoms with Crippen LogP contribution in [-0.2, 0) is 19.6 Å². The number of benzene rings is 1. The minimum absolute atomic E-state index is 0.00544. The summed E-state index contributed by atoms with van der Waals surface area (Å²) in [6.07, 6.45) is 2.14. The minimum atomic E-state index is -4.03. The highest BCUT2D eigenvalue weighted by Gasteiger charge is 2.45. The van der Waals surface area contributed by atoms with E-state index in [2.05, 4.69) is 4.98 Å². The van der Waals surface area contributed by atoms with Crippen LogP contribution in [0, 0.1) is 0 Å². The molecule has 0 bridgehead atoms. The van der Waals surface area contributed by atoms with Crippen molar-refractivity contribution in [3.05, 3.63) is 54.4 Å². The summed E-state index contributed by atoms with van der Waals surface area (Å²) in [5, 5.41) is 9.17. The molecule has 1 fully saturated rings. The highest BCUT2D eigenvalue weighted by Crippen LogP contribution is 2.32. The Balaban J connectivity index is 2.01. The molecule has 1 saturated heterocycles. The Kier molecular flexibility index (Phi) is 5.71. The number of carbonyl (C=O) groups excluding carboxylic acids is 1. The molecule has 1 aromatic heterocycles. The van der Waals surface area contributed by atoms with Crippen LogP contribution < -0.4 is 10.2 Å². The highest BCUT2D eigenvalue weighted by molar-refractivity contribution is 7.89. The summed E-state index contributed by atoms with van der Waals surface area (Å²) in [6, 6.07) is 7.88. The van der Waals surface area contributed by atoms with E-state index in [4.69, 9.17) is 14.7 Å². The Morgan fingerprint density at radius 1 is 1.33 bits per heavy atom. The topological polar surface area (TPSA) is 118 Å². The Hall–Kier alpha value is -2.53. The molecular weight excluding hydrogens is 374 g/mol. The van der Waals surface area contributed by atoms with Gasteiger partial charge >= 0.3 is 0 Å². The predicted octanol–water partition coefficient (Wildman–Crippen LogP) is 0.726. The first-order valence-corrected chi connectivity index (χ1v) is 9.54. The minimum Gasteiger partial charge on any atom is -0.497 e. The first-order chi connectivity index (χ1) is 13.0. The van der Waals surface area contributed by atoms with E-state index in [-0.39, 0.29) is 18.0 Å². The molecule has 10 heteroatoms. The van der Waals surface area contributed by atoms with E-state index >= 15 is 0 Å². The molecule has 27 heavy (non-hydrogen) atoms. The average molecular weight is 393 g/mol. The SMILES string of the molecule is COc1ccc(S(=O)(=O)N2CCOC(c3cccnc3)C2C(=O)NO)cc1. The smallest absolute Gasteiger partial charge is 0.264 e. The molecule has 1 amide bonds. The van der Waals surface area contributed by atoms with Crippen LogP contribution in [0.4, 0.5) is 0 Å². The molecule has 1 aromatic carbocycles. The van der Waals surface area contributed by atoms with Gasteiger partial charge in [0.2, 0.25) is 10.0 Å². The van der Waals surface area contributed by atoms with Crippen molar-refractivity contribution in [2.45, 2.75) is 17.0 Å². The molecule has 0 spiro atoms. The van der Waals surface area contributed by atoms with Gasteiger partial charge in [0.1, 0.15) is 17.9 Å². The maximum absolute atomic E-state index is 13.1. The first-order valence-electron chi connectivity index (χ1n) is 8.10. The molecule has 2 heterocycles. The second kappa shape index (κ2) is 8.01. The highest BCUT2D eigenvalue weighted by atomic mass is 32.2. The van der Waals surface area contributed by atoms with Gasteiger partial charge in [0.25, 0.3) is 5.91 Å². The molecule has 2 aromatic rings.